The minimum atomic E-state index is -4.20. The number of rotatable bonds is 3. The molecule has 0 unspecified atom stereocenters. The molecular weight excluding hydrogens is 285 g/mol. The van der Waals surface area contributed by atoms with Crippen molar-refractivity contribution in [2.75, 3.05) is 5.75 Å². The second-order valence-corrected chi connectivity index (χ2v) is 5.15. The van der Waals surface area contributed by atoms with Crippen molar-refractivity contribution >= 4 is 34.9 Å². The molecule has 18 heavy (non-hydrogen) atoms. The third kappa shape index (κ3) is 4.78. The van der Waals surface area contributed by atoms with E-state index in [1.807, 2.05) is 0 Å². The molecule has 1 aromatic carbocycles. The van der Waals surface area contributed by atoms with Crippen LogP contribution in [0.15, 0.2) is 22.0 Å². The van der Waals surface area contributed by atoms with Crippen molar-refractivity contribution in [3.63, 3.8) is 0 Å². The Morgan fingerprint density at radius 2 is 2.06 bits per heavy atom. The SMILES string of the molecule is CC(N)=Nc1cc(SCC(F)(F)F)c(C)cc1Cl. The fourth-order valence-electron chi connectivity index (χ4n) is 1.23. The smallest absolute Gasteiger partial charge is 0.387 e. The predicted octanol–water partition coefficient (Wildman–Crippen LogP) is 4.31. The van der Waals surface area contributed by atoms with Crippen LogP contribution in [0.1, 0.15) is 12.5 Å². The first-order valence-corrected chi connectivity index (χ1v) is 6.36. The number of nitrogens with zero attached hydrogens (tertiary/aromatic N) is 1. The maximum atomic E-state index is 12.2. The number of aliphatic imine (C=N–C) groups is 1. The van der Waals surface area contributed by atoms with Gasteiger partial charge in [0.1, 0.15) is 0 Å². The van der Waals surface area contributed by atoms with E-state index >= 15 is 0 Å². The molecular formula is C11H12ClF3N2S. The van der Waals surface area contributed by atoms with Crippen molar-refractivity contribution in [3.05, 3.63) is 22.7 Å². The highest BCUT2D eigenvalue weighted by Gasteiger charge is 2.27. The topological polar surface area (TPSA) is 38.4 Å². The lowest BCUT2D eigenvalue weighted by atomic mass is 10.2. The van der Waals surface area contributed by atoms with Gasteiger partial charge in [-0.15, -0.1) is 11.8 Å². The molecule has 0 atom stereocenters. The first-order valence-electron chi connectivity index (χ1n) is 4.99. The molecule has 0 aliphatic rings. The monoisotopic (exact) mass is 296 g/mol. The van der Waals surface area contributed by atoms with E-state index in [0.717, 1.165) is 0 Å². The third-order valence-electron chi connectivity index (χ3n) is 1.93. The minimum Gasteiger partial charge on any atom is -0.387 e. The fourth-order valence-corrected chi connectivity index (χ4v) is 2.29. The van der Waals surface area contributed by atoms with E-state index in [9.17, 15) is 13.2 Å². The molecule has 1 aromatic rings. The zero-order chi connectivity index (χ0) is 13.9. The van der Waals surface area contributed by atoms with Crippen LogP contribution in [0.5, 0.6) is 0 Å². The molecule has 0 spiro atoms. The van der Waals surface area contributed by atoms with Gasteiger partial charge < -0.3 is 5.73 Å². The van der Waals surface area contributed by atoms with Crippen molar-refractivity contribution in [2.45, 2.75) is 24.9 Å². The summed E-state index contributed by atoms with van der Waals surface area (Å²) in [5.41, 5.74) is 6.49. The molecule has 0 saturated carbocycles. The zero-order valence-electron chi connectivity index (χ0n) is 9.81. The number of benzene rings is 1. The summed E-state index contributed by atoms with van der Waals surface area (Å²) in [6.45, 7) is 3.28. The second-order valence-electron chi connectivity index (χ2n) is 3.73. The van der Waals surface area contributed by atoms with E-state index in [-0.39, 0.29) is 0 Å². The normalized spacial score (nSPS) is 12.9. The Bertz CT molecular complexity index is 468. The molecule has 0 aliphatic heterocycles. The Morgan fingerprint density at radius 3 is 2.56 bits per heavy atom. The molecule has 2 N–H and O–H groups in total. The highest BCUT2D eigenvalue weighted by molar-refractivity contribution is 7.99. The number of amidine groups is 1. The van der Waals surface area contributed by atoms with Crippen LogP contribution >= 0.6 is 23.4 Å². The van der Waals surface area contributed by atoms with Crippen LogP contribution in [0, 0.1) is 6.92 Å². The third-order valence-corrected chi connectivity index (χ3v) is 3.46. The second kappa shape index (κ2) is 5.84. The van der Waals surface area contributed by atoms with Crippen LogP contribution in [0.2, 0.25) is 5.02 Å². The molecule has 0 aromatic heterocycles. The van der Waals surface area contributed by atoms with Gasteiger partial charge in [0, 0.05) is 4.90 Å². The van der Waals surface area contributed by atoms with Gasteiger partial charge in [0.25, 0.3) is 0 Å². The number of aryl methyl sites for hydroxylation is 1. The van der Waals surface area contributed by atoms with Crippen LogP contribution in [-0.4, -0.2) is 17.8 Å². The Kier molecular flexibility index (Phi) is 4.92. The van der Waals surface area contributed by atoms with Crippen LogP contribution in [-0.2, 0) is 0 Å². The average molecular weight is 297 g/mol. The summed E-state index contributed by atoms with van der Waals surface area (Å²) < 4.78 is 36.5. The molecule has 0 saturated heterocycles. The van der Waals surface area contributed by atoms with Crippen LogP contribution in [0.25, 0.3) is 0 Å². The van der Waals surface area contributed by atoms with E-state index < -0.39 is 11.9 Å². The van der Waals surface area contributed by atoms with Crippen molar-refractivity contribution in [1.82, 2.24) is 0 Å². The lowest BCUT2D eigenvalue weighted by Gasteiger charge is -2.10. The van der Waals surface area contributed by atoms with Gasteiger partial charge in [0.2, 0.25) is 0 Å². The lowest BCUT2D eigenvalue weighted by Crippen LogP contribution is -2.10. The van der Waals surface area contributed by atoms with Gasteiger partial charge in [0.05, 0.1) is 22.3 Å². The molecule has 0 bridgehead atoms. The highest BCUT2D eigenvalue weighted by atomic mass is 35.5. The summed E-state index contributed by atoms with van der Waals surface area (Å²) in [6, 6.07) is 3.10. The molecule has 100 valence electrons. The summed E-state index contributed by atoms with van der Waals surface area (Å²) in [5, 5.41) is 0.369. The Morgan fingerprint density at radius 1 is 1.44 bits per heavy atom. The van der Waals surface area contributed by atoms with Gasteiger partial charge in [0.15, 0.2) is 0 Å². The first-order chi connectivity index (χ1) is 8.19. The maximum absolute atomic E-state index is 12.2. The molecule has 0 fully saturated rings. The van der Waals surface area contributed by atoms with E-state index in [1.54, 1.807) is 19.9 Å². The molecule has 0 radical (unpaired) electrons. The predicted molar refractivity (Wildman–Crippen MR) is 69.9 cm³/mol. The van der Waals surface area contributed by atoms with E-state index in [0.29, 0.717) is 38.8 Å². The summed E-state index contributed by atoms with van der Waals surface area (Å²) in [5.74, 6) is -0.646. The quantitative estimate of drug-likeness (QED) is 0.513. The van der Waals surface area contributed by atoms with Crippen molar-refractivity contribution in [2.24, 2.45) is 10.7 Å². The summed E-state index contributed by atoms with van der Waals surface area (Å²) in [6.07, 6.45) is -4.20. The Hall–Kier alpha value is -0.880. The first kappa shape index (κ1) is 15.2. The number of thioether (sulfide) groups is 1. The number of hydrogen-bond acceptors (Lipinski definition) is 2. The van der Waals surface area contributed by atoms with E-state index in [1.165, 1.54) is 6.07 Å². The summed E-state index contributed by atoms with van der Waals surface area (Å²) >= 11 is 6.65. The van der Waals surface area contributed by atoms with Gasteiger partial charge in [-0.1, -0.05) is 11.6 Å². The average Bonchev–Trinajstić information content (AvgIpc) is 2.18. The summed E-state index contributed by atoms with van der Waals surface area (Å²) in [7, 11) is 0. The van der Waals surface area contributed by atoms with Gasteiger partial charge in [-0.2, -0.15) is 13.2 Å². The molecule has 0 aliphatic carbocycles. The molecule has 2 nitrogen and oxygen atoms in total. The van der Waals surface area contributed by atoms with Crippen molar-refractivity contribution < 1.29 is 13.2 Å². The molecule has 0 heterocycles. The van der Waals surface area contributed by atoms with Crippen molar-refractivity contribution in [3.8, 4) is 0 Å². The summed E-state index contributed by atoms with van der Waals surface area (Å²) in [4.78, 5) is 4.47. The van der Waals surface area contributed by atoms with E-state index in [4.69, 9.17) is 17.3 Å². The standard InChI is InChI=1S/C11H12ClF3N2S/c1-6-3-8(12)9(17-7(2)16)4-10(6)18-5-11(13,14)15/h3-4H,5H2,1-2H3,(H2,16,17). The largest absolute Gasteiger partial charge is 0.398 e. The molecule has 0 amide bonds. The van der Waals surface area contributed by atoms with E-state index in [2.05, 4.69) is 4.99 Å². The maximum Gasteiger partial charge on any atom is 0.398 e. The number of nitrogens with two attached hydrogens (primary N) is 1. The Labute approximate surface area is 112 Å². The van der Waals surface area contributed by atoms with Gasteiger partial charge in [-0.3, -0.25) is 0 Å². The molecule has 7 heteroatoms. The Balaban J connectivity index is 3.02. The number of hydrogen-bond donors (Lipinski definition) is 1. The number of halogens is 4. The zero-order valence-corrected chi connectivity index (χ0v) is 11.4. The van der Waals surface area contributed by atoms with Crippen LogP contribution in [0.4, 0.5) is 18.9 Å². The van der Waals surface area contributed by atoms with Gasteiger partial charge in [-0.25, -0.2) is 4.99 Å². The highest BCUT2D eigenvalue weighted by Crippen LogP contribution is 2.35. The van der Waals surface area contributed by atoms with Crippen LogP contribution < -0.4 is 5.73 Å². The van der Waals surface area contributed by atoms with Crippen molar-refractivity contribution in [1.29, 1.82) is 0 Å². The molecule has 1 rings (SSSR count). The fraction of sp³-hybridized carbons (Fsp3) is 0.364. The minimum absolute atomic E-state index is 0.299. The van der Waals surface area contributed by atoms with Gasteiger partial charge in [-0.05, 0) is 31.5 Å². The van der Waals surface area contributed by atoms with Gasteiger partial charge >= 0.3 is 6.18 Å². The number of alkyl halides is 3. The lowest BCUT2D eigenvalue weighted by molar-refractivity contribution is -0.105. The van der Waals surface area contributed by atoms with Crippen LogP contribution in [0.3, 0.4) is 0 Å².